The molecule has 0 unspecified atom stereocenters. The Balaban J connectivity index is 2.56. The van der Waals surface area contributed by atoms with Gasteiger partial charge in [-0.1, -0.05) is 31.5 Å². The normalized spacial score (nSPS) is 17.9. The van der Waals surface area contributed by atoms with Crippen LogP contribution >= 0.6 is 15.9 Å². The van der Waals surface area contributed by atoms with Crippen LogP contribution in [0.5, 0.6) is 0 Å². The van der Waals surface area contributed by atoms with E-state index in [0.29, 0.717) is 21.3 Å². The lowest BCUT2D eigenvalue weighted by molar-refractivity contribution is -0.112. The molecule has 0 saturated heterocycles. The molecule has 6 heteroatoms. The molecule has 0 atom stereocenters. The quantitative estimate of drug-likeness (QED) is 0.727. The summed E-state index contributed by atoms with van der Waals surface area (Å²) in [7, 11) is -3.82. The van der Waals surface area contributed by atoms with Crippen molar-refractivity contribution in [2.45, 2.75) is 32.6 Å². The number of hydrogen-bond donors (Lipinski definition) is 0. The largest absolute Gasteiger partial charge is 0.288 e. The van der Waals surface area contributed by atoms with E-state index in [1.807, 2.05) is 20.8 Å². The molecule has 0 aromatic heterocycles. The maximum atomic E-state index is 12.5. The number of Topliss-reactive ketones (excluding diaryl/α,β-unsaturated/α-hetero) is 1. The van der Waals surface area contributed by atoms with Gasteiger partial charge in [0.25, 0.3) is 10.0 Å². The van der Waals surface area contributed by atoms with Crippen LogP contribution in [-0.4, -0.2) is 19.9 Å². The molecule has 1 aromatic rings. The number of carbonyl (C=O) groups is 1. The van der Waals surface area contributed by atoms with Crippen molar-refractivity contribution in [3.8, 4) is 0 Å². The van der Waals surface area contributed by atoms with E-state index in [1.54, 1.807) is 25.1 Å². The molecular formula is C17H18BrNO3S. The zero-order chi connectivity index (χ0) is 17.4. The van der Waals surface area contributed by atoms with Crippen molar-refractivity contribution in [1.82, 2.24) is 0 Å². The minimum atomic E-state index is -3.82. The van der Waals surface area contributed by atoms with Gasteiger partial charge in [0, 0.05) is 5.57 Å². The van der Waals surface area contributed by atoms with Gasteiger partial charge in [0.15, 0.2) is 5.78 Å². The Hall–Kier alpha value is -1.53. The number of halogens is 1. The van der Waals surface area contributed by atoms with Gasteiger partial charge in [-0.2, -0.15) is 12.8 Å². The lowest BCUT2D eigenvalue weighted by Crippen LogP contribution is -2.19. The fraction of sp³-hybridized carbons (Fsp3) is 0.294. The third kappa shape index (κ3) is 3.70. The van der Waals surface area contributed by atoms with Gasteiger partial charge in [0.1, 0.15) is 0 Å². The molecule has 23 heavy (non-hydrogen) atoms. The molecule has 0 fully saturated rings. The first kappa shape index (κ1) is 17.8. The number of aryl methyl sites for hydroxylation is 1. The summed E-state index contributed by atoms with van der Waals surface area (Å²) in [6.45, 7) is 7.34. The van der Waals surface area contributed by atoms with Crippen molar-refractivity contribution in [3.05, 3.63) is 51.5 Å². The van der Waals surface area contributed by atoms with Crippen LogP contribution in [0.15, 0.2) is 55.3 Å². The molecule has 0 N–H and O–H groups in total. The Kier molecular flexibility index (Phi) is 5.06. The van der Waals surface area contributed by atoms with Crippen LogP contribution in [0.4, 0.5) is 0 Å². The fourth-order valence-corrected chi connectivity index (χ4v) is 3.61. The molecule has 2 rings (SSSR count). The van der Waals surface area contributed by atoms with E-state index in [-0.39, 0.29) is 16.6 Å². The van der Waals surface area contributed by atoms with Crippen molar-refractivity contribution in [2.75, 3.05) is 0 Å². The minimum Gasteiger partial charge on any atom is -0.288 e. The Morgan fingerprint density at radius 2 is 1.65 bits per heavy atom. The number of carbonyl (C=O) groups excluding carboxylic acids is 1. The van der Waals surface area contributed by atoms with Gasteiger partial charge in [0.2, 0.25) is 0 Å². The summed E-state index contributed by atoms with van der Waals surface area (Å²) < 4.78 is 29.3. The molecule has 0 radical (unpaired) electrons. The Labute approximate surface area is 145 Å². The summed E-state index contributed by atoms with van der Waals surface area (Å²) in [5.74, 6) is -0.139. The van der Waals surface area contributed by atoms with Gasteiger partial charge in [0.05, 0.1) is 15.1 Å². The number of hydrogen-bond acceptors (Lipinski definition) is 3. The van der Waals surface area contributed by atoms with E-state index in [4.69, 9.17) is 0 Å². The predicted octanol–water partition coefficient (Wildman–Crippen LogP) is 3.96. The smallest absolute Gasteiger partial charge is 0.282 e. The van der Waals surface area contributed by atoms with Gasteiger partial charge in [-0.15, -0.1) is 0 Å². The molecule has 0 saturated carbocycles. The second-order valence-corrected chi connectivity index (χ2v) is 8.18. The molecular weight excluding hydrogens is 378 g/mol. The highest BCUT2D eigenvalue weighted by Crippen LogP contribution is 2.29. The van der Waals surface area contributed by atoms with Crippen LogP contribution in [0, 0.1) is 12.8 Å². The summed E-state index contributed by atoms with van der Waals surface area (Å²) in [6, 6.07) is 6.52. The van der Waals surface area contributed by atoms with Crippen LogP contribution in [0.25, 0.3) is 0 Å². The highest BCUT2D eigenvalue weighted by molar-refractivity contribution is 9.12. The van der Waals surface area contributed by atoms with Crippen molar-refractivity contribution < 1.29 is 13.2 Å². The highest BCUT2D eigenvalue weighted by atomic mass is 79.9. The average Bonchev–Trinajstić information content (AvgIpc) is 2.48. The van der Waals surface area contributed by atoms with E-state index >= 15 is 0 Å². The lowest BCUT2D eigenvalue weighted by atomic mass is 9.90. The van der Waals surface area contributed by atoms with Gasteiger partial charge in [-0.25, -0.2) is 0 Å². The number of nitrogens with zero attached hydrogens (tertiary/aromatic N) is 1. The molecule has 0 heterocycles. The van der Waals surface area contributed by atoms with Crippen molar-refractivity contribution >= 4 is 37.4 Å². The summed E-state index contributed by atoms with van der Waals surface area (Å²) in [5.41, 5.74) is 2.33. The van der Waals surface area contributed by atoms with E-state index in [1.165, 1.54) is 12.1 Å². The molecule has 1 aliphatic carbocycles. The zero-order valence-electron chi connectivity index (χ0n) is 13.4. The highest BCUT2D eigenvalue weighted by Gasteiger charge is 2.26. The van der Waals surface area contributed by atoms with Gasteiger partial charge < -0.3 is 0 Å². The molecule has 0 amide bonds. The molecule has 0 aliphatic heterocycles. The second-order valence-electron chi connectivity index (χ2n) is 5.79. The SMILES string of the molecule is CC1=C(Br)C(=O)C(C(C)C)=C/C1=N\S(=O)(=O)c1ccc(C)cc1. The van der Waals surface area contributed by atoms with Crippen LogP contribution in [0.3, 0.4) is 0 Å². The average molecular weight is 396 g/mol. The Bertz CT molecular complexity index is 844. The van der Waals surface area contributed by atoms with Gasteiger partial charge in [-0.3, -0.25) is 4.79 Å². The standard InChI is InChI=1S/C17H18BrNO3S/c1-10(2)14-9-15(12(4)16(18)17(14)20)19-23(21,22)13-7-5-11(3)6-8-13/h5-10H,1-4H3/b19-15+. The fourth-order valence-electron chi connectivity index (χ4n) is 2.15. The van der Waals surface area contributed by atoms with Crippen molar-refractivity contribution in [3.63, 3.8) is 0 Å². The Morgan fingerprint density at radius 3 is 2.17 bits per heavy atom. The van der Waals surface area contributed by atoms with Crippen LogP contribution in [0.2, 0.25) is 0 Å². The van der Waals surface area contributed by atoms with Gasteiger partial charge >= 0.3 is 0 Å². The number of rotatable bonds is 3. The van der Waals surface area contributed by atoms with E-state index in [0.717, 1.165) is 5.56 Å². The molecule has 122 valence electrons. The summed E-state index contributed by atoms with van der Waals surface area (Å²) in [4.78, 5) is 12.4. The maximum absolute atomic E-state index is 12.5. The zero-order valence-corrected chi connectivity index (χ0v) is 15.8. The predicted molar refractivity (Wildman–Crippen MR) is 95.4 cm³/mol. The van der Waals surface area contributed by atoms with E-state index in [9.17, 15) is 13.2 Å². The molecule has 1 aliphatic rings. The number of benzene rings is 1. The van der Waals surface area contributed by atoms with Crippen molar-refractivity contribution in [1.29, 1.82) is 0 Å². The maximum Gasteiger partial charge on any atom is 0.282 e. The third-order valence-corrected chi connectivity index (χ3v) is 5.89. The molecule has 0 spiro atoms. The first-order valence-corrected chi connectivity index (χ1v) is 9.41. The van der Waals surface area contributed by atoms with Gasteiger partial charge in [-0.05, 0) is 59.5 Å². The lowest BCUT2D eigenvalue weighted by Gasteiger charge is -2.18. The summed E-state index contributed by atoms with van der Waals surface area (Å²) in [6.07, 6.45) is 1.57. The molecule has 1 aromatic carbocycles. The first-order chi connectivity index (χ1) is 10.6. The summed E-state index contributed by atoms with van der Waals surface area (Å²) in [5, 5.41) is 0. The molecule has 4 nitrogen and oxygen atoms in total. The number of ketones is 1. The van der Waals surface area contributed by atoms with E-state index < -0.39 is 10.0 Å². The van der Waals surface area contributed by atoms with Crippen LogP contribution in [0.1, 0.15) is 26.3 Å². The number of allylic oxidation sites excluding steroid dienone is 4. The Morgan fingerprint density at radius 1 is 1.09 bits per heavy atom. The minimum absolute atomic E-state index is 0.0181. The van der Waals surface area contributed by atoms with Crippen molar-refractivity contribution in [2.24, 2.45) is 10.3 Å². The topological polar surface area (TPSA) is 63.6 Å². The molecule has 0 bridgehead atoms. The second kappa shape index (κ2) is 6.53. The monoisotopic (exact) mass is 395 g/mol. The first-order valence-electron chi connectivity index (χ1n) is 7.18. The van der Waals surface area contributed by atoms with Crippen LogP contribution < -0.4 is 0 Å². The van der Waals surface area contributed by atoms with E-state index in [2.05, 4.69) is 20.3 Å². The number of sulfonamides is 1. The summed E-state index contributed by atoms with van der Waals surface area (Å²) >= 11 is 3.26. The van der Waals surface area contributed by atoms with Crippen LogP contribution in [-0.2, 0) is 14.8 Å². The third-order valence-electron chi connectivity index (χ3n) is 3.63.